The molecule has 128 valence electrons. The van der Waals surface area contributed by atoms with E-state index in [0.717, 1.165) is 6.42 Å². The predicted molar refractivity (Wildman–Crippen MR) is 95.3 cm³/mol. The lowest BCUT2D eigenvalue weighted by Crippen LogP contribution is -2.36. The van der Waals surface area contributed by atoms with E-state index in [-0.39, 0.29) is 19.1 Å². The monoisotopic (exact) mass is 328 g/mol. The van der Waals surface area contributed by atoms with Gasteiger partial charge in [-0.1, -0.05) is 42.5 Å². The molecule has 0 bridgehead atoms. The van der Waals surface area contributed by atoms with Gasteiger partial charge in [0.25, 0.3) is 0 Å². The molecule has 5 nitrogen and oxygen atoms in total. The van der Waals surface area contributed by atoms with E-state index in [0.29, 0.717) is 24.5 Å². The number of methoxy groups -OCH3 is 1. The highest BCUT2D eigenvalue weighted by molar-refractivity contribution is 5.93. The average molecular weight is 328 g/mol. The number of hydrogen-bond donors (Lipinski definition) is 2. The fourth-order valence-electron chi connectivity index (χ4n) is 2.48. The SMILES string of the molecule is COc1ccccc1NC(=O)CN(CCO)CCc1ccccc1. The summed E-state index contributed by atoms with van der Waals surface area (Å²) in [6.45, 7) is 1.43. The summed E-state index contributed by atoms with van der Waals surface area (Å²) < 4.78 is 5.24. The molecule has 0 saturated heterocycles. The van der Waals surface area contributed by atoms with Crippen molar-refractivity contribution in [3.8, 4) is 5.75 Å². The standard InChI is InChI=1S/C19H24N2O3/c1-24-18-10-6-5-9-17(18)20-19(23)15-21(13-14-22)12-11-16-7-3-2-4-8-16/h2-10,22H,11-15H2,1H3,(H,20,23). The van der Waals surface area contributed by atoms with Crippen molar-refractivity contribution in [2.24, 2.45) is 0 Å². The van der Waals surface area contributed by atoms with Gasteiger partial charge in [0.1, 0.15) is 5.75 Å². The van der Waals surface area contributed by atoms with Crippen molar-refractivity contribution >= 4 is 11.6 Å². The number of anilines is 1. The van der Waals surface area contributed by atoms with Gasteiger partial charge in [0, 0.05) is 13.1 Å². The van der Waals surface area contributed by atoms with E-state index in [1.165, 1.54) is 5.56 Å². The number of aliphatic hydroxyl groups excluding tert-OH is 1. The molecule has 2 N–H and O–H groups in total. The summed E-state index contributed by atoms with van der Waals surface area (Å²) in [7, 11) is 1.57. The number of hydrogen-bond acceptors (Lipinski definition) is 4. The van der Waals surface area contributed by atoms with Crippen molar-refractivity contribution in [1.82, 2.24) is 4.90 Å². The number of para-hydroxylation sites is 2. The Morgan fingerprint density at radius 3 is 2.50 bits per heavy atom. The molecule has 0 aliphatic rings. The lowest BCUT2D eigenvalue weighted by atomic mass is 10.1. The van der Waals surface area contributed by atoms with Gasteiger partial charge < -0.3 is 15.2 Å². The van der Waals surface area contributed by atoms with E-state index in [2.05, 4.69) is 17.4 Å². The number of carbonyl (C=O) groups excluding carboxylic acids is 1. The van der Waals surface area contributed by atoms with Crippen LogP contribution in [0.15, 0.2) is 54.6 Å². The third-order valence-electron chi connectivity index (χ3n) is 3.72. The first kappa shape index (κ1) is 18.0. The molecule has 0 aromatic heterocycles. The van der Waals surface area contributed by atoms with Gasteiger partial charge in [-0.25, -0.2) is 0 Å². The number of nitrogens with one attached hydrogen (secondary N) is 1. The van der Waals surface area contributed by atoms with Gasteiger partial charge in [-0.05, 0) is 24.1 Å². The van der Waals surface area contributed by atoms with Gasteiger partial charge in [-0.3, -0.25) is 9.69 Å². The Bertz CT molecular complexity index is 632. The van der Waals surface area contributed by atoms with E-state index in [9.17, 15) is 9.90 Å². The van der Waals surface area contributed by atoms with Gasteiger partial charge in [0.05, 0.1) is 25.9 Å². The maximum Gasteiger partial charge on any atom is 0.238 e. The molecule has 0 fully saturated rings. The molecule has 1 amide bonds. The van der Waals surface area contributed by atoms with Crippen molar-refractivity contribution in [2.45, 2.75) is 6.42 Å². The van der Waals surface area contributed by atoms with Crippen LogP contribution in [0, 0.1) is 0 Å². The Kier molecular flexibility index (Phi) is 7.26. The molecule has 5 heteroatoms. The second-order valence-electron chi connectivity index (χ2n) is 5.48. The van der Waals surface area contributed by atoms with E-state index in [4.69, 9.17) is 4.74 Å². The molecule has 0 aliphatic carbocycles. The van der Waals surface area contributed by atoms with Crippen molar-refractivity contribution in [3.05, 3.63) is 60.2 Å². The van der Waals surface area contributed by atoms with Crippen molar-refractivity contribution in [1.29, 1.82) is 0 Å². The highest BCUT2D eigenvalue weighted by atomic mass is 16.5. The lowest BCUT2D eigenvalue weighted by Gasteiger charge is -2.21. The predicted octanol–water partition coefficient (Wildman–Crippen LogP) is 2.17. The van der Waals surface area contributed by atoms with Crippen LogP contribution in [-0.2, 0) is 11.2 Å². The number of ether oxygens (including phenoxy) is 1. The van der Waals surface area contributed by atoms with E-state index < -0.39 is 0 Å². The van der Waals surface area contributed by atoms with Crippen LogP contribution in [0.3, 0.4) is 0 Å². The molecule has 0 spiro atoms. The van der Waals surface area contributed by atoms with Crippen LogP contribution in [-0.4, -0.2) is 49.3 Å². The van der Waals surface area contributed by atoms with Crippen molar-refractivity contribution in [2.75, 3.05) is 38.7 Å². The summed E-state index contributed by atoms with van der Waals surface area (Å²) in [5.74, 6) is 0.504. The highest BCUT2D eigenvalue weighted by Crippen LogP contribution is 2.22. The second kappa shape index (κ2) is 9.70. The quantitative estimate of drug-likeness (QED) is 0.741. The Morgan fingerprint density at radius 1 is 1.08 bits per heavy atom. The highest BCUT2D eigenvalue weighted by Gasteiger charge is 2.12. The van der Waals surface area contributed by atoms with Gasteiger partial charge in [-0.15, -0.1) is 0 Å². The number of nitrogens with zero attached hydrogens (tertiary/aromatic N) is 1. The summed E-state index contributed by atoms with van der Waals surface area (Å²) in [6.07, 6.45) is 0.836. The summed E-state index contributed by atoms with van der Waals surface area (Å²) in [6, 6.07) is 17.4. The summed E-state index contributed by atoms with van der Waals surface area (Å²) in [5.41, 5.74) is 1.86. The molecule has 0 saturated carbocycles. The number of benzene rings is 2. The summed E-state index contributed by atoms with van der Waals surface area (Å²) in [4.78, 5) is 14.2. The van der Waals surface area contributed by atoms with Crippen LogP contribution in [0.5, 0.6) is 5.75 Å². The Hall–Kier alpha value is -2.37. The van der Waals surface area contributed by atoms with Gasteiger partial charge in [0.15, 0.2) is 0 Å². The van der Waals surface area contributed by atoms with Gasteiger partial charge >= 0.3 is 0 Å². The van der Waals surface area contributed by atoms with Crippen LogP contribution >= 0.6 is 0 Å². The molecule has 2 aromatic carbocycles. The first-order valence-electron chi connectivity index (χ1n) is 8.03. The van der Waals surface area contributed by atoms with Crippen molar-refractivity contribution in [3.63, 3.8) is 0 Å². The molecule has 24 heavy (non-hydrogen) atoms. The molecule has 0 unspecified atom stereocenters. The third kappa shape index (κ3) is 5.68. The Morgan fingerprint density at radius 2 is 1.79 bits per heavy atom. The largest absolute Gasteiger partial charge is 0.495 e. The van der Waals surface area contributed by atoms with Gasteiger partial charge in [-0.2, -0.15) is 0 Å². The molecular weight excluding hydrogens is 304 g/mol. The average Bonchev–Trinajstić information content (AvgIpc) is 2.61. The fourth-order valence-corrected chi connectivity index (χ4v) is 2.48. The first-order chi connectivity index (χ1) is 11.7. The minimum absolute atomic E-state index is 0.0245. The number of amides is 1. The van der Waals surface area contributed by atoms with Crippen LogP contribution in [0.2, 0.25) is 0 Å². The zero-order valence-electron chi connectivity index (χ0n) is 13.9. The third-order valence-corrected chi connectivity index (χ3v) is 3.72. The first-order valence-corrected chi connectivity index (χ1v) is 8.03. The molecule has 0 heterocycles. The molecule has 2 rings (SSSR count). The maximum absolute atomic E-state index is 12.3. The Labute approximate surface area is 142 Å². The topological polar surface area (TPSA) is 61.8 Å². The van der Waals surface area contributed by atoms with Crippen LogP contribution in [0.1, 0.15) is 5.56 Å². The Balaban J connectivity index is 1.90. The number of rotatable bonds is 9. The van der Waals surface area contributed by atoms with E-state index >= 15 is 0 Å². The fraction of sp³-hybridized carbons (Fsp3) is 0.316. The molecule has 0 atom stereocenters. The number of aliphatic hydroxyl groups is 1. The normalized spacial score (nSPS) is 10.6. The minimum Gasteiger partial charge on any atom is -0.495 e. The lowest BCUT2D eigenvalue weighted by molar-refractivity contribution is -0.117. The second-order valence-corrected chi connectivity index (χ2v) is 5.48. The van der Waals surface area contributed by atoms with E-state index in [1.54, 1.807) is 19.2 Å². The molecule has 0 radical (unpaired) electrons. The maximum atomic E-state index is 12.3. The summed E-state index contributed by atoms with van der Waals surface area (Å²) in [5, 5.41) is 12.1. The minimum atomic E-state index is -0.124. The molecule has 2 aromatic rings. The molecular formula is C19H24N2O3. The molecule has 0 aliphatic heterocycles. The number of carbonyl (C=O) groups is 1. The van der Waals surface area contributed by atoms with Crippen LogP contribution in [0.4, 0.5) is 5.69 Å². The van der Waals surface area contributed by atoms with Gasteiger partial charge in [0.2, 0.25) is 5.91 Å². The van der Waals surface area contributed by atoms with Crippen molar-refractivity contribution < 1.29 is 14.6 Å². The smallest absolute Gasteiger partial charge is 0.238 e. The summed E-state index contributed by atoms with van der Waals surface area (Å²) >= 11 is 0. The zero-order valence-corrected chi connectivity index (χ0v) is 13.9. The van der Waals surface area contributed by atoms with E-state index in [1.807, 2.05) is 35.2 Å². The van der Waals surface area contributed by atoms with Crippen LogP contribution < -0.4 is 10.1 Å². The zero-order chi connectivity index (χ0) is 17.2. The van der Waals surface area contributed by atoms with Crippen LogP contribution in [0.25, 0.3) is 0 Å².